The molecule has 0 aromatic rings. The maximum atomic E-state index is 11.8. The minimum absolute atomic E-state index is 0.146. The summed E-state index contributed by atoms with van der Waals surface area (Å²) in [5.74, 6) is -0.318. The van der Waals surface area contributed by atoms with Crippen LogP contribution in [0, 0.1) is 5.92 Å². The second-order valence-electron chi connectivity index (χ2n) is 9.72. The standard InChI is InChI=1S/C17H36O4Si2/c1-16(2,3)22(7,8)19-11-13-14(21-15(13)18)12-20-23(9,10)17(4,5)6/h13-14H,11-12H2,1-10H3/t13-,14-/m1/s1. The summed E-state index contributed by atoms with van der Waals surface area (Å²) in [4.78, 5) is 11.8. The van der Waals surface area contributed by atoms with Gasteiger partial charge in [0.1, 0.15) is 12.0 Å². The van der Waals surface area contributed by atoms with Crippen molar-refractivity contribution in [3.05, 3.63) is 0 Å². The van der Waals surface area contributed by atoms with E-state index in [1.54, 1.807) is 0 Å². The fourth-order valence-electron chi connectivity index (χ4n) is 1.75. The van der Waals surface area contributed by atoms with Crippen LogP contribution in [0.3, 0.4) is 0 Å². The van der Waals surface area contributed by atoms with Crippen LogP contribution >= 0.6 is 0 Å². The first kappa shape index (κ1) is 20.9. The zero-order valence-corrected chi connectivity index (χ0v) is 18.7. The van der Waals surface area contributed by atoms with E-state index in [0.29, 0.717) is 13.2 Å². The molecule has 1 fully saturated rings. The van der Waals surface area contributed by atoms with Gasteiger partial charge in [0.15, 0.2) is 16.6 Å². The van der Waals surface area contributed by atoms with Gasteiger partial charge in [0.05, 0.1) is 13.2 Å². The number of hydrogen-bond donors (Lipinski definition) is 0. The van der Waals surface area contributed by atoms with Crippen molar-refractivity contribution in [2.75, 3.05) is 13.2 Å². The Morgan fingerprint density at radius 2 is 1.26 bits per heavy atom. The van der Waals surface area contributed by atoms with Crippen LogP contribution in [0.4, 0.5) is 0 Å². The van der Waals surface area contributed by atoms with Gasteiger partial charge in [-0.15, -0.1) is 0 Å². The van der Waals surface area contributed by atoms with E-state index in [4.69, 9.17) is 13.6 Å². The van der Waals surface area contributed by atoms with Crippen molar-refractivity contribution < 1.29 is 18.4 Å². The Bertz CT molecular complexity index is 433. The lowest BCUT2D eigenvalue weighted by Gasteiger charge is -2.42. The molecule has 0 unspecified atom stereocenters. The topological polar surface area (TPSA) is 44.8 Å². The summed E-state index contributed by atoms with van der Waals surface area (Å²) in [5.41, 5.74) is 0. The Labute approximate surface area is 144 Å². The van der Waals surface area contributed by atoms with Crippen molar-refractivity contribution in [3.8, 4) is 0 Å². The number of rotatable bonds is 6. The van der Waals surface area contributed by atoms with Crippen molar-refractivity contribution in [1.82, 2.24) is 0 Å². The average Bonchev–Trinajstić information content (AvgIpc) is 2.31. The van der Waals surface area contributed by atoms with Gasteiger partial charge in [-0.2, -0.15) is 0 Å². The van der Waals surface area contributed by atoms with E-state index >= 15 is 0 Å². The van der Waals surface area contributed by atoms with Gasteiger partial charge in [-0.3, -0.25) is 4.79 Å². The van der Waals surface area contributed by atoms with E-state index < -0.39 is 16.6 Å². The molecule has 1 aliphatic heterocycles. The first-order valence-electron chi connectivity index (χ1n) is 8.57. The smallest absolute Gasteiger partial charge is 0.315 e. The van der Waals surface area contributed by atoms with Crippen LogP contribution < -0.4 is 0 Å². The number of ether oxygens (including phenoxy) is 1. The SMILES string of the molecule is CC(C)(C)[Si](C)(C)OC[C@H]1OC(=O)[C@@H]1CO[Si](C)(C)C(C)(C)C. The molecule has 4 nitrogen and oxygen atoms in total. The van der Waals surface area contributed by atoms with Gasteiger partial charge < -0.3 is 13.6 Å². The highest BCUT2D eigenvalue weighted by Gasteiger charge is 2.47. The van der Waals surface area contributed by atoms with Crippen LogP contribution in [0.5, 0.6) is 0 Å². The second kappa shape index (κ2) is 6.61. The monoisotopic (exact) mass is 360 g/mol. The molecular weight excluding hydrogens is 324 g/mol. The van der Waals surface area contributed by atoms with Crippen molar-refractivity contribution >= 4 is 22.6 Å². The van der Waals surface area contributed by atoms with E-state index in [-0.39, 0.29) is 28.1 Å². The van der Waals surface area contributed by atoms with Gasteiger partial charge in [-0.1, -0.05) is 41.5 Å². The lowest BCUT2D eigenvalue weighted by Crippen LogP contribution is -2.54. The molecule has 1 rings (SSSR count). The average molecular weight is 361 g/mol. The number of cyclic esters (lactones) is 1. The molecule has 0 aromatic heterocycles. The van der Waals surface area contributed by atoms with Gasteiger partial charge in [0, 0.05) is 0 Å². The van der Waals surface area contributed by atoms with E-state index in [0.717, 1.165) is 0 Å². The van der Waals surface area contributed by atoms with Gasteiger partial charge in [0.25, 0.3) is 0 Å². The van der Waals surface area contributed by atoms with Crippen LogP contribution in [-0.2, 0) is 18.4 Å². The first-order valence-corrected chi connectivity index (χ1v) is 14.4. The van der Waals surface area contributed by atoms with Crippen molar-refractivity contribution in [1.29, 1.82) is 0 Å². The third kappa shape index (κ3) is 4.90. The Morgan fingerprint density at radius 3 is 1.61 bits per heavy atom. The number of hydrogen-bond acceptors (Lipinski definition) is 4. The first-order chi connectivity index (χ1) is 10.1. The molecule has 0 aromatic carbocycles. The molecule has 0 N–H and O–H groups in total. The largest absolute Gasteiger partial charge is 0.459 e. The summed E-state index contributed by atoms with van der Waals surface area (Å²) >= 11 is 0. The zero-order chi connectivity index (χ0) is 18.3. The molecule has 1 heterocycles. The molecule has 2 atom stereocenters. The minimum atomic E-state index is -1.84. The molecule has 0 saturated carbocycles. The second-order valence-corrected chi connectivity index (χ2v) is 19.3. The Balaban J connectivity index is 2.56. The summed E-state index contributed by atoms with van der Waals surface area (Å²) in [5, 5.41) is 0.307. The summed E-state index contributed by atoms with van der Waals surface area (Å²) < 4.78 is 17.7. The molecular formula is C17H36O4Si2. The van der Waals surface area contributed by atoms with E-state index in [1.165, 1.54) is 0 Å². The number of carbonyl (C=O) groups is 1. The van der Waals surface area contributed by atoms with Crippen LogP contribution in [0.15, 0.2) is 0 Å². The Hall–Kier alpha value is -0.176. The Kier molecular flexibility index (Phi) is 6.00. The highest BCUT2D eigenvalue weighted by molar-refractivity contribution is 6.74. The van der Waals surface area contributed by atoms with Crippen molar-refractivity contribution in [3.63, 3.8) is 0 Å². The van der Waals surface area contributed by atoms with Crippen LogP contribution in [0.25, 0.3) is 0 Å². The molecule has 0 aliphatic carbocycles. The molecule has 0 radical (unpaired) electrons. The van der Waals surface area contributed by atoms with Crippen molar-refractivity contribution in [2.24, 2.45) is 5.92 Å². The number of carbonyl (C=O) groups excluding carboxylic acids is 1. The lowest BCUT2D eigenvalue weighted by atomic mass is 9.99. The van der Waals surface area contributed by atoms with Gasteiger partial charge >= 0.3 is 5.97 Å². The van der Waals surface area contributed by atoms with E-state index in [1.807, 2.05) is 0 Å². The summed E-state index contributed by atoms with van der Waals surface area (Å²) in [6, 6.07) is 0. The normalized spacial score (nSPS) is 23.5. The predicted molar refractivity (Wildman–Crippen MR) is 99.7 cm³/mol. The zero-order valence-electron chi connectivity index (χ0n) is 16.7. The Morgan fingerprint density at radius 1 is 0.870 bits per heavy atom. The highest BCUT2D eigenvalue weighted by Crippen LogP contribution is 2.39. The van der Waals surface area contributed by atoms with E-state index in [9.17, 15) is 4.79 Å². The molecule has 1 aliphatic rings. The summed E-state index contributed by atoms with van der Waals surface area (Å²) in [6.07, 6.45) is -0.151. The molecule has 6 heteroatoms. The summed E-state index contributed by atoms with van der Waals surface area (Å²) in [7, 11) is -3.65. The molecule has 0 bridgehead atoms. The fraction of sp³-hybridized carbons (Fsp3) is 0.941. The quantitative estimate of drug-likeness (QED) is 0.514. The van der Waals surface area contributed by atoms with Gasteiger partial charge in [-0.05, 0) is 36.3 Å². The third-order valence-corrected chi connectivity index (χ3v) is 14.9. The molecule has 136 valence electrons. The van der Waals surface area contributed by atoms with Crippen molar-refractivity contribution in [2.45, 2.75) is 83.9 Å². The summed E-state index contributed by atoms with van der Waals surface area (Å²) in [6.45, 7) is 23.1. The number of esters is 1. The van der Waals surface area contributed by atoms with Gasteiger partial charge in [-0.25, -0.2) is 0 Å². The molecule has 0 spiro atoms. The lowest BCUT2D eigenvalue weighted by molar-refractivity contribution is -0.191. The highest BCUT2D eigenvalue weighted by atomic mass is 28.4. The third-order valence-electron chi connectivity index (χ3n) is 5.86. The molecule has 23 heavy (non-hydrogen) atoms. The van der Waals surface area contributed by atoms with Crippen LogP contribution in [0.1, 0.15) is 41.5 Å². The van der Waals surface area contributed by atoms with Gasteiger partial charge in [0.2, 0.25) is 0 Å². The minimum Gasteiger partial charge on any atom is -0.459 e. The molecule has 1 saturated heterocycles. The fourth-order valence-corrected chi connectivity index (χ4v) is 3.79. The maximum absolute atomic E-state index is 11.8. The predicted octanol–water partition coefficient (Wildman–Crippen LogP) is 4.57. The maximum Gasteiger partial charge on any atom is 0.315 e. The van der Waals surface area contributed by atoms with Crippen LogP contribution in [0.2, 0.25) is 36.3 Å². The van der Waals surface area contributed by atoms with Crippen LogP contribution in [-0.4, -0.2) is 41.9 Å². The van der Waals surface area contributed by atoms with E-state index in [2.05, 4.69) is 67.7 Å². The molecule has 0 amide bonds.